The minimum absolute atomic E-state index is 0.398. The third-order valence-corrected chi connectivity index (χ3v) is 4.20. The first-order valence-corrected chi connectivity index (χ1v) is 7.65. The molecule has 5 nitrogen and oxygen atoms in total. The second-order valence-electron chi connectivity index (χ2n) is 4.92. The van der Waals surface area contributed by atoms with Crippen LogP contribution in [-0.4, -0.2) is 22.6 Å². The lowest BCUT2D eigenvalue weighted by Gasteiger charge is -2.25. The number of carbonyl (C=O) groups is 2. The Balaban J connectivity index is 2.57. The first kappa shape index (κ1) is 16.5. The van der Waals surface area contributed by atoms with Crippen LogP contribution in [0, 0.1) is 0 Å². The van der Waals surface area contributed by atoms with Crippen molar-refractivity contribution in [1.82, 2.24) is 10.6 Å². The molecule has 20 heavy (non-hydrogen) atoms. The number of aliphatic carboxylic acids is 1. The lowest BCUT2D eigenvalue weighted by molar-refractivity contribution is -0.144. The Morgan fingerprint density at radius 1 is 1.40 bits per heavy atom. The summed E-state index contributed by atoms with van der Waals surface area (Å²) in [6.07, 6.45) is 2.01. The van der Waals surface area contributed by atoms with E-state index < -0.39 is 17.5 Å². The van der Waals surface area contributed by atoms with Gasteiger partial charge in [0.05, 0.1) is 6.54 Å². The molecule has 0 aromatic carbocycles. The zero-order valence-electron chi connectivity index (χ0n) is 12.2. The van der Waals surface area contributed by atoms with Gasteiger partial charge in [-0.05, 0) is 36.8 Å². The molecule has 0 fully saturated rings. The fraction of sp³-hybridized carbons (Fsp3) is 0.571. The van der Waals surface area contributed by atoms with Crippen LogP contribution in [-0.2, 0) is 17.8 Å². The lowest BCUT2D eigenvalue weighted by atomic mass is 9.97. The van der Waals surface area contributed by atoms with E-state index in [0.29, 0.717) is 19.4 Å². The van der Waals surface area contributed by atoms with Crippen LogP contribution in [0.4, 0.5) is 4.79 Å². The normalized spacial score (nSPS) is 13.6. The highest BCUT2D eigenvalue weighted by Gasteiger charge is 2.33. The number of aryl methyl sites for hydroxylation is 1. The van der Waals surface area contributed by atoms with Crippen molar-refractivity contribution < 1.29 is 14.7 Å². The van der Waals surface area contributed by atoms with E-state index >= 15 is 0 Å². The van der Waals surface area contributed by atoms with E-state index in [2.05, 4.69) is 17.6 Å². The first-order valence-electron chi connectivity index (χ1n) is 6.77. The Hall–Kier alpha value is -1.56. The molecule has 2 amide bonds. The fourth-order valence-electron chi connectivity index (χ4n) is 2.02. The standard InChI is InChI=1S/C14H22N2O3S/c1-4-7-14(3,12(17)18)16-13(19)15-9-11-10(5-2)6-8-20-11/h6,8H,4-5,7,9H2,1-3H3,(H,17,18)(H2,15,16,19). The van der Waals surface area contributed by atoms with Crippen molar-refractivity contribution in [2.24, 2.45) is 0 Å². The van der Waals surface area contributed by atoms with Crippen LogP contribution < -0.4 is 10.6 Å². The number of thiophene rings is 1. The maximum atomic E-state index is 11.9. The van der Waals surface area contributed by atoms with Crippen molar-refractivity contribution in [3.63, 3.8) is 0 Å². The number of nitrogens with one attached hydrogen (secondary N) is 2. The number of amides is 2. The minimum atomic E-state index is -1.22. The van der Waals surface area contributed by atoms with Crippen molar-refractivity contribution in [2.45, 2.75) is 52.1 Å². The van der Waals surface area contributed by atoms with E-state index in [1.165, 1.54) is 12.5 Å². The number of carboxylic acid groups (broad SMARTS) is 1. The number of rotatable bonds is 7. The van der Waals surface area contributed by atoms with Crippen LogP contribution in [0.1, 0.15) is 44.1 Å². The molecule has 0 saturated carbocycles. The van der Waals surface area contributed by atoms with Crippen LogP contribution in [0.5, 0.6) is 0 Å². The molecule has 0 saturated heterocycles. The van der Waals surface area contributed by atoms with Gasteiger partial charge in [0.1, 0.15) is 5.54 Å². The summed E-state index contributed by atoms with van der Waals surface area (Å²) in [5.74, 6) is -1.01. The Morgan fingerprint density at radius 3 is 2.65 bits per heavy atom. The number of hydrogen-bond donors (Lipinski definition) is 3. The number of hydrogen-bond acceptors (Lipinski definition) is 3. The summed E-state index contributed by atoms with van der Waals surface area (Å²) >= 11 is 1.59. The summed E-state index contributed by atoms with van der Waals surface area (Å²) in [6.45, 7) is 5.91. The summed E-state index contributed by atoms with van der Waals surface area (Å²) in [6, 6.07) is 1.59. The minimum Gasteiger partial charge on any atom is -0.480 e. The first-order chi connectivity index (χ1) is 9.42. The molecular weight excluding hydrogens is 276 g/mol. The van der Waals surface area contributed by atoms with Gasteiger partial charge in [-0.15, -0.1) is 11.3 Å². The summed E-state index contributed by atoms with van der Waals surface area (Å²) in [5, 5.41) is 16.5. The summed E-state index contributed by atoms with van der Waals surface area (Å²) in [4.78, 5) is 24.2. The van der Waals surface area contributed by atoms with E-state index in [0.717, 1.165) is 11.3 Å². The van der Waals surface area contributed by atoms with Crippen LogP contribution in [0.2, 0.25) is 0 Å². The van der Waals surface area contributed by atoms with Gasteiger partial charge in [0.25, 0.3) is 0 Å². The third-order valence-electron chi connectivity index (χ3n) is 3.24. The quantitative estimate of drug-likeness (QED) is 0.724. The van der Waals surface area contributed by atoms with Gasteiger partial charge in [-0.1, -0.05) is 20.3 Å². The molecule has 0 bridgehead atoms. The van der Waals surface area contributed by atoms with Crippen molar-refractivity contribution in [3.8, 4) is 0 Å². The second kappa shape index (κ2) is 7.28. The molecule has 1 atom stereocenters. The van der Waals surface area contributed by atoms with Crippen molar-refractivity contribution >= 4 is 23.3 Å². The van der Waals surface area contributed by atoms with Crippen LogP contribution >= 0.6 is 11.3 Å². The molecule has 3 N–H and O–H groups in total. The average molecular weight is 298 g/mol. The Labute approximate surface area is 123 Å². The maximum Gasteiger partial charge on any atom is 0.329 e. The third kappa shape index (κ3) is 4.23. The number of carbonyl (C=O) groups excluding carboxylic acids is 1. The van der Waals surface area contributed by atoms with Gasteiger partial charge in [0, 0.05) is 4.88 Å². The molecule has 0 radical (unpaired) electrons. The van der Waals surface area contributed by atoms with E-state index in [1.807, 2.05) is 18.4 Å². The van der Waals surface area contributed by atoms with Crippen molar-refractivity contribution in [1.29, 1.82) is 0 Å². The molecule has 1 heterocycles. The summed E-state index contributed by atoms with van der Waals surface area (Å²) < 4.78 is 0. The molecule has 0 aliphatic rings. The van der Waals surface area contributed by atoms with Crippen LogP contribution in [0.25, 0.3) is 0 Å². The largest absolute Gasteiger partial charge is 0.480 e. The van der Waals surface area contributed by atoms with Gasteiger partial charge in [-0.2, -0.15) is 0 Å². The van der Waals surface area contributed by atoms with Gasteiger partial charge in [-0.3, -0.25) is 0 Å². The molecule has 112 valence electrons. The van der Waals surface area contributed by atoms with E-state index in [9.17, 15) is 14.7 Å². The Morgan fingerprint density at radius 2 is 2.10 bits per heavy atom. The summed E-state index contributed by atoms with van der Waals surface area (Å²) in [7, 11) is 0. The zero-order valence-corrected chi connectivity index (χ0v) is 13.0. The van der Waals surface area contributed by atoms with E-state index in [4.69, 9.17) is 0 Å². The Bertz CT molecular complexity index is 473. The van der Waals surface area contributed by atoms with E-state index in [-0.39, 0.29) is 0 Å². The summed E-state index contributed by atoms with van der Waals surface area (Å²) in [5.41, 5.74) is -0.00754. The molecule has 1 aromatic heterocycles. The number of urea groups is 1. The molecule has 0 aliphatic heterocycles. The highest BCUT2D eigenvalue weighted by molar-refractivity contribution is 7.10. The van der Waals surface area contributed by atoms with Gasteiger partial charge in [-0.25, -0.2) is 9.59 Å². The van der Waals surface area contributed by atoms with E-state index in [1.54, 1.807) is 11.3 Å². The highest BCUT2D eigenvalue weighted by atomic mass is 32.1. The maximum absolute atomic E-state index is 11.9. The predicted octanol–water partition coefficient (Wildman–Crippen LogP) is 2.75. The zero-order chi connectivity index (χ0) is 15.2. The fourth-order valence-corrected chi connectivity index (χ4v) is 2.93. The Kier molecular flexibility index (Phi) is 6.01. The van der Waals surface area contributed by atoms with Crippen LogP contribution in [0.15, 0.2) is 11.4 Å². The molecular formula is C14H22N2O3S. The van der Waals surface area contributed by atoms with Crippen LogP contribution in [0.3, 0.4) is 0 Å². The van der Waals surface area contributed by atoms with Gasteiger partial charge in [0.15, 0.2) is 0 Å². The van der Waals surface area contributed by atoms with Crippen molar-refractivity contribution in [2.75, 3.05) is 0 Å². The van der Waals surface area contributed by atoms with Gasteiger partial charge >= 0.3 is 12.0 Å². The van der Waals surface area contributed by atoms with Gasteiger partial charge < -0.3 is 15.7 Å². The lowest BCUT2D eigenvalue weighted by Crippen LogP contribution is -2.55. The highest BCUT2D eigenvalue weighted by Crippen LogP contribution is 2.17. The number of carboxylic acids is 1. The topological polar surface area (TPSA) is 78.4 Å². The molecule has 1 unspecified atom stereocenters. The SMILES string of the molecule is CCCC(C)(NC(=O)NCc1sccc1CC)C(=O)O. The smallest absolute Gasteiger partial charge is 0.329 e. The molecule has 0 spiro atoms. The molecule has 0 aliphatic carbocycles. The average Bonchev–Trinajstić information content (AvgIpc) is 2.83. The second-order valence-corrected chi connectivity index (χ2v) is 5.92. The molecule has 6 heteroatoms. The molecule has 1 rings (SSSR count). The van der Waals surface area contributed by atoms with Crippen molar-refractivity contribution in [3.05, 3.63) is 21.9 Å². The van der Waals surface area contributed by atoms with Gasteiger partial charge in [0.2, 0.25) is 0 Å². The predicted molar refractivity (Wildman–Crippen MR) is 80.0 cm³/mol. The molecule has 1 aromatic rings. The monoisotopic (exact) mass is 298 g/mol.